The monoisotopic (exact) mass is 351 g/mol. The molecule has 1 saturated carbocycles. The van der Waals surface area contributed by atoms with Gasteiger partial charge < -0.3 is 9.47 Å². The SMILES string of the molecule is COC(=O)C1=C(C)O[C@H](CSc2n[nH]c(CCC3CCCC3)n2)C1. The number of hydrogen-bond acceptors (Lipinski definition) is 6. The van der Waals surface area contributed by atoms with E-state index in [-0.39, 0.29) is 12.1 Å². The smallest absolute Gasteiger partial charge is 0.337 e. The average Bonchev–Trinajstić information content (AvgIpc) is 3.31. The first-order valence-corrected chi connectivity index (χ1v) is 9.63. The molecule has 0 bridgehead atoms. The van der Waals surface area contributed by atoms with Crippen molar-refractivity contribution in [3.63, 3.8) is 0 Å². The maximum absolute atomic E-state index is 11.6. The van der Waals surface area contributed by atoms with Gasteiger partial charge in [0.1, 0.15) is 17.7 Å². The van der Waals surface area contributed by atoms with Crippen molar-refractivity contribution >= 4 is 17.7 Å². The van der Waals surface area contributed by atoms with E-state index in [1.54, 1.807) is 11.8 Å². The second kappa shape index (κ2) is 8.05. The molecule has 24 heavy (non-hydrogen) atoms. The third kappa shape index (κ3) is 4.32. The van der Waals surface area contributed by atoms with Crippen molar-refractivity contribution in [1.82, 2.24) is 15.2 Å². The molecule has 1 aromatic rings. The molecule has 6 nitrogen and oxygen atoms in total. The Bertz CT molecular complexity index is 608. The maximum Gasteiger partial charge on any atom is 0.337 e. The number of aromatic amines is 1. The molecule has 132 valence electrons. The number of aryl methyl sites for hydroxylation is 1. The number of esters is 1. The van der Waals surface area contributed by atoms with Crippen molar-refractivity contribution in [1.29, 1.82) is 0 Å². The number of rotatable bonds is 7. The first-order chi connectivity index (χ1) is 11.7. The fraction of sp³-hybridized carbons (Fsp3) is 0.706. The highest BCUT2D eigenvalue weighted by molar-refractivity contribution is 7.99. The number of ether oxygens (including phenoxy) is 2. The third-order valence-electron chi connectivity index (χ3n) is 4.81. The van der Waals surface area contributed by atoms with Crippen LogP contribution in [0.5, 0.6) is 0 Å². The summed E-state index contributed by atoms with van der Waals surface area (Å²) in [6.07, 6.45) is 8.24. The van der Waals surface area contributed by atoms with Crippen LogP contribution in [-0.4, -0.2) is 40.1 Å². The van der Waals surface area contributed by atoms with Crippen molar-refractivity contribution in [3.8, 4) is 0 Å². The molecule has 0 spiro atoms. The van der Waals surface area contributed by atoms with E-state index in [0.717, 1.165) is 29.1 Å². The van der Waals surface area contributed by atoms with Gasteiger partial charge in [0.25, 0.3) is 0 Å². The molecular formula is C17H25N3O3S. The molecule has 3 rings (SSSR count). The summed E-state index contributed by atoms with van der Waals surface area (Å²) in [4.78, 5) is 16.2. The van der Waals surface area contributed by atoms with Crippen LogP contribution in [0.2, 0.25) is 0 Å². The van der Waals surface area contributed by atoms with Crippen molar-refractivity contribution in [2.75, 3.05) is 12.9 Å². The number of aromatic nitrogens is 3. The Labute approximate surface area is 146 Å². The molecule has 2 heterocycles. The summed E-state index contributed by atoms with van der Waals surface area (Å²) >= 11 is 1.56. The van der Waals surface area contributed by atoms with Gasteiger partial charge in [0.05, 0.1) is 12.7 Å². The van der Waals surface area contributed by atoms with Crippen molar-refractivity contribution in [2.24, 2.45) is 5.92 Å². The summed E-state index contributed by atoms with van der Waals surface area (Å²) in [6, 6.07) is 0. The van der Waals surface area contributed by atoms with Gasteiger partial charge in [-0.1, -0.05) is 37.4 Å². The molecule has 0 saturated heterocycles. The van der Waals surface area contributed by atoms with E-state index in [2.05, 4.69) is 15.2 Å². The number of nitrogens with one attached hydrogen (secondary N) is 1. The van der Waals surface area contributed by atoms with Gasteiger partial charge in [0, 0.05) is 18.6 Å². The summed E-state index contributed by atoms with van der Waals surface area (Å²) in [5.41, 5.74) is 0.635. The second-order valence-electron chi connectivity index (χ2n) is 6.54. The lowest BCUT2D eigenvalue weighted by atomic mass is 10.0. The molecule has 0 radical (unpaired) electrons. The van der Waals surface area contributed by atoms with E-state index in [0.29, 0.717) is 17.8 Å². The zero-order valence-electron chi connectivity index (χ0n) is 14.3. The minimum Gasteiger partial charge on any atom is -0.493 e. The van der Waals surface area contributed by atoms with Crippen molar-refractivity contribution < 1.29 is 14.3 Å². The van der Waals surface area contributed by atoms with Crippen LogP contribution in [-0.2, 0) is 20.7 Å². The summed E-state index contributed by atoms with van der Waals surface area (Å²) in [5.74, 6) is 2.93. The summed E-state index contributed by atoms with van der Waals surface area (Å²) in [5, 5.41) is 8.07. The lowest BCUT2D eigenvalue weighted by Gasteiger charge is -2.09. The number of carbonyl (C=O) groups excluding carboxylic acids is 1. The third-order valence-corrected chi connectivity index (χ3v) is 5.78. The van der Waals surface area contributed by atoms with Crippen LogP contribution in [0.25, 0.3) is 0 Å². The minimum absolute atomic E-state index is 0.0236. The van der Waals surface area contributed by atoms with Crippen LogP contribution in [0.3, 0.4) is 0 Å². The molecule has 1 fully saturated rings. The van der Waals surface area contributed by atoms with Gasteiger partial charge in [-0.25, -0.2) is 9.78 Å². The standard InChI is InChI=1S/C17H25N3O3S/c1-11-14(16(21)22-2)9-13(23-11)10-24-17-18-15(19-20-17)8-7-12-5-3-4-6-12/h12-13H,3-10H2,1-2H3,(H,18,19,20)/t13-/m0/s1. The largest absolute Gasteiger partial charge is 0.493 e. The number of allylic oxidation sites excluding steroid dienone is 1. The first kappa shape index (κ1) is 17.3. The number of nitrogens with zero attached hydrogens (tertiary/aromatic N) is 2. The second-order valence-corrected chi connectivity index (χ2v) is 7.52. The summed E-state index contributed by atoms with van der Waals surface area (Å²) in [6.45, 7) is 1.81. The molecule has 1 aromatic heterocycles. The van der Waals surface area contributed by atoms with E-state index in [4.69, 9.17) is 9.47 Å². The molecule has 2 aliphatic rings. The van der Waals surface area contributed by atoms with E-state index in [1.807, 2.05) is 6.92 Å². The molecule has 0 aromatic carbocycles. The molecule has 0 unspecified atom stereocenters. The lowest BCUT2D eigenvalue weighted by Crippen LogP contribution is -2.11. The number of methoxy groups -OCH3 is 1. The molecule has 1 N–H and O–H groups in total. The normalized spacial score (nSPS) is 21.3. The molecule has 0 amide bonds. The van der Waals surface area contributed by atoms with Crippen molar-refractivity contribution in [2.45, 2.75) is 63.1 Å². The highest BCUT2D eigenvalue weighted by Crippen LogP contribution is 2.30. The van der Waals surface area contributed by atoms with E-state index in [1.165, 1.54) is 39.2 Å². The molecule has 1 aliphatic heterocycles. The van der Waals surface area contributed by atoms with Gasteiger partial charge in [0.15, 0.2) is 0 Å². The van der Waals surface area contributed by atoms with Gasteiger partial charge in [-0.05, 0) is 19.3 Å². The Kier molecular flexibility index (Phi) is 5.81. The van der Waals surface area contributed by atoms with E-state index >= 15 is 0 Å². The molecule has 1 aliphatic carbocycles. The summed E-state index contributed by atoms with van der Waals surface area (Å²) < 4.78 is 10.5. The first-order valence-electron chi connectivity index (χ1n) is 8.64. The lowest BCUT2D eigenvalue weighted by molar-refractivity contribution is -0.136. The van der Waals surface area contributed by atoms with Gasteiger partial charge >= 0.3 is 5.97 Å². The molecule has 1 atom stereocenters. The van der Waals surface area contributed by atoms with E-state index in [9.17, 15) is 4.79 Å². The fourth-order valence-electron chi connectivity index (χ4n) is 3.44. The number of hydrogen-bond donors (Lipinski definition) is 1. The van der Waals surface area contributed by atoms with Crippen LogP contribution >= 0.6 is 11.8 Å². The molecule has 7 heteroatoms. The van der Waals surface area contributed by atoms with Crippen LogP contribution in [0, 0.1) is 5.92 Å². The maximum atomic E-state index is 11.6. The Morgan fingerprint density at radius 2 is 2.21 bits per heavy atom. The quantitative estimate of drug-likeness (QED) is 0.600. The van der Waals surface area contributed by atoms with E-state index < -0.39 is 0 Å². The topological polar surface area (TPSA) is 77.1 Å². The number of carbonyl (C=O) groups is 1. The van der Waals surface area contributed by atoms with Gasteiger partial charge in [-0.2, -0.15) is 0 Å². The van der Waals surface area contributed by atoms with Crippen LogP contribution in [0.1, 0.15) is 51.3 Å². The Balaban J connectivity index is 1.42. The predicted molar refractivity (Wildman–Crippen MR) is 91.6 cm³/mol. The van der Waals surface area contributed by atoms with Gasteiger partial charge in [-0.3, -0.25) is 5.10 Å². The fourth-order valence-corrected chi connectivity index (χ4v) is 4.24. The van der Waals surface area contributed by atoms with Crippen LogP contribution < -0.4 is 0 Å². The zero-order chi connectivity index (χ0) is 16.9. The molecular weight excluding hydrogens is 326 g/mol. The predicted octanol–water partition coefficient (Wildman–Crippen LogP) is 3.26. The van der Waals surface area contributed by atoms with Crippen LogP contribution in [0.4, 0.5) is 0 Å². The average molecular weight is 351 g/mol. The van der Waals surface area contributed by atoms with Gasteiger partial charge in [-0.15, -0.1) is 5.10 Å². The highest BCUT2D eigenvalue weighted by atomic mass is 32.2. The Morgan fingerprint density at radius 1 is 1.42 bits per heavy atom. The summed E-state index contributed by atoms with van der Waals surface area (Å²) in [7, 11) is 1.39. The number of thioether (sulfide) groups is 1. The Morgan fingerprint density at radius 3 is 2.96 bits per heavy atom. The Hall–Kier alpha value is -1.50. The highest BCUT2D eigenvalue weighted by Gasteiger charge is 2.28. The zero-order valence-corrected chi connectivity index (χ0v) is 15.2. The minimum atomic E-state index is -0.299. The van der Waals surface area contributed by atoms with Crippen LogP contribution in [0.15, 0.2) is 16.5 Å². The number of H-pyrrole nitrogens is 1. The van der Waals surface area contributed by atoms with Crippen molar-refractivity contribution in [3.05, 3.63) is 17.2 Å². The van der Waals surface area contributed by atoms with Gasteiger partial charge in [0.2, 0.25) is 5.16 Å².